The summed E-state index contributed by atoms with van der Waals surface area (Å²) in [7, 11) is 0. The molecule has 0 saturated carbocycles. The van der Waals surface area contributed by atoms with Crippen LogP contribution in [0.5, 0.6) is 11.6 Å². The number of pyridine rings is 1. The fourth-order valence-electron chi connectivity index (χ4n) is 1.40. The molecule has 0 fully saturated rings. The van der Waals surface area contributed by atoms with Crippen LogP contribution in [0.15, 0.2) is 12.1 Å². The molecule has 1 aromatic rings. The number of nitrogens with zero attached hydrogens (tertiary/aromatic N) is 1. The molecule has 0 aliphatic rings. The van der Waals surface area contributed by atoms with Gasteiger partial charge in [0, 0.05) is 0 Å². The van der Waals surface area contributed by atoms with Crippen LogP contribution >= 0.6 is 0 Å². The number of ether oxygens (including phenoxy) is 2. The van der Waals surface area contributed by atoms with Crippen LogP contribution in [0.25, 0.3) is 0 Å². The standard InChI is InChI=1S/C14H21NO4/c1-3-5-9-18-12-8-7-11(14(16)17)15-13(12)19-10-6-4-2/h7-8H,3-6,9-10H2,1-2H3,(H,16,17). The molecule has 0 aromatic carbocycles. The lowest BCUT2D eigenvalue weighted by Gasteiger charge is -2.11. The molecule has 1 aromatic heterocycles. The zero-order valence-electron chi connectivity index (χ0n) is 11.5. The number of hydrogen-bond acceptors (Lipinski definition) is 4. The van der Waals surface area contributed by atoms with Crippen molar-refractivity contribution in [2.45, 2.75) is 39.5 Å². The number of aromatic nitrogens is 1. The molecule has 1 N–H and O–H groups in total. The minimum atomic E-state index is -1.07. The summed E-state index contributed by atoms with van der Waals surface area (Å²) in [6, 6.07) is 3.03. The van der Waals surface area contributed by atoms with Crippen molar-refractivity contribution >= 4 is 5.97 Å². The highest BCUT2D eigenvalue weighted by molar-refractivity contribution is 5.85. The van der Waals surface area contributed by atoms with Crippen LogP contribution in [0.1, 0.15) is 50.0 Å². The van der Waals surface area contributed by atoms with E-state index < -0.39 is 5.97 Å². The highest BCUT2D eigenvalue weighted by Crippen LogP contribution is 2.25. The Labute approximate surface area is 113 Å². The van der Waals surface area contributed by atoms with E-state index in [1.807, 2.05) is 0 Å². The fourth-order valence-corrected chi connectivity index (χ4v) is 1.40. The van der Waals surface area contributed by atoms with E-state index in [2.05, 4.69) is 18.8 Å². The van der Waals surface area contributed by atoms with Crippen molar-refractivity contribution in [1.82, 2.24) is 4.98 Å². The average Bonchev–Trinajstić information content (AvgIpc) is 2.40. The highest BCUT2D eigenvalue weighted by Gasteiger charge is 2.12. The summed E-state index contributed by atoms with van der Waals surface area (Å²) in [5.74, 6) is -0.292. The summed E-state index contributed by atoms with van der Waals surface area (Å²) in [5, 5.41) is 8.93. The molecular formula is C14H21NO4. The SMILES string of the molecule is CCCCOc1ccc(C(=O)O)nc1OCCCC. The maximum atomic E-state index is 10.9. The summed E-state index contributed by atoms with van der Waals surface area (Å²) >= 11 is 0. The largest absolute Gasteiger partial charge is 0.488 e. The molecule has 0 atom stereocenters. The predicted octanol–water partition coefficient (Wildman–Crippen LogP) is 3.14. The lowest BCUT2D eigenvalue weighted by molar-refractivity contribution is 0.0689. The molecule has 5 nitrogen and oxygen atoms in total. The first-order valence-corrected chi connectivity index (χ1v) is 6.69. The molecule has 0 unspecified atom stereocenters. The third kappa shape index (κ3) is 5.16. The van der Waals surface area contributed by atoms with Crippen LogP contribution in [-0.2, 0) is 0 Å². The Bertz CT molecular complexity index is 406. The number of hydrogen-bond donors (Lipinski definition) is 1. The van der Waals surface area contributed by atoms with E-state index in [-0.39, 0.29) is 11.6 Å². The topological polar surface area (TPSA) is 68.7 Å². The first-order valence-electron chi connectivity index (χ1n) is 6.69. The van der Waals surface area contributed by atoms with Crippen molar-refractivity contribution in [3.63, 3.8) is 0 Å². The van der Waals surface area contributed by atoms with E-state index in [4.69, 9.17) is 14.6 Å². The monoisotopic (exact) mass is 267 g/mol. The van der Waals surface area contributed by atoms with Crippen molar-refractivity contribution in [2.24, 2.45) is 0 Å². The third-order valence-corrected chi connectivity index (χ3v) is 2.54. The van der Waals surface area contributed by atoms with Crippen LogP contribution in [0, 0.1) is 0 Å². The summed E-state index contributed by atoms with van der Waals surface area (Å²) < 4.78 is 11.1. The number of aromatic carboxylic acids is 1. The first kappa shape index (κ1) is 15.3. The van der Waals surface area contributed by atoms with E-state index in [1.165, 1.54) is 6.07 Å². The second kappa shape index (κ2) is 8.34. The van der Waals surface area contributed by atoms with Gasteiger partial charge in [-0.3, -0.25) is 0 Å². The molecule has 0 aliphatic heterocycles. The highest BCUT2D eigenvalue weighted by atomic mass is 16.5. The summed E-state index contributed by atoms with van der Waals surface area (Å²) in [6.45, 7) is 5.22. The number of carbonyl (C=O) groups is 1. The Morgan fingerprint density at radius 3 is 2.37 bits per heavy atom. The summed E-state index contributed by atoms with van der Waals surface area (Å²) in [6.07, 6.45) is 3.87. The molecule has 0 aliphatic carbocycles. The van der Waals surface area contributed by atoms with E-state index in [0.717, 1.165) is 25.7 Å². The number of rotatable bonds is 9. The number of carboxylic acids is 1. The van der Waals surface area contributed by atoms with Crippen molar-refractivity contribution in [3.8, 4) is 11.6 Å². The lowest BCUT2D eigenvalue weighted by atomic mass is 10.3. The Kier molecular flexibility index (Phi) is 6.71. The van der Waals surface area contributed by atoms with E-state index >= 15 is 0 Å². The normalized spacial score (nSPS) is 10.2. The molecule has 106 valence electrons. The minimum Gasteiger partial charge on any atom is -0.488 e. The maximum absolute atomic E-state index is 10.9. The van der Waals surface area contributed by atoms with Gasteiger partial charge in [-0.15, -0.1) is 0 Å². The first-order chi connectivity index (χ1) is 9.19. The second-order valence-electron chi connectivity index (χ2n) is 4.21. The second-order valence-corrected chi connectivity index (χ2v) is 4.21. The smallest absolute Gasteiger partial charge is 0.354 e. The molecule has 0 bridgehead atoms. The molecule has 5 heteroatoms. The Hall–Kier alpha value is -1.78. The number of unbranched alkanes of at least 4 members (excludes halogenated alkanes) is 2. The van der Waals surface area contributed by atoms with E-state index in [1.54, 1.807) is 6.07 Å². The van der Waals surface area contributed by atoms with Gasteiger partial charge in [-0.25, -0.2) is 9.78 Å². The van der Waals surface area contributed by atoms with E-state index in [9.17, 15) is 4.79 Å². The van der Waals surface area contributed by atoms with Gasteiger partial charge < -0.3 is 14.6 Å². The Morgan fingerprint density at radius 1 is 1.16 bits per heavy atom. The van der Waals surface area contributed by atoms with Crippen LogP contribution in [0.2, 0.25) is 0 Å². The van der Waals surface area contributed by atoms with Crippen LogP contribution in [0.4, 0.5) is 0 Å². The molecular weight excluding hydrogens is 246 g/mol. The van der Waals surface area contributed by atoms with Gasteiger partial charge in [0.25, 0.3) is 5.88 Å². The maximum Gasteiger partial charge on any atom is 0.354 e. The van der Waals surface area contributed by atoms with Gasteiger partial charge in [-0.1, -0.05) is 26.7 Å². The molecule has 1 heterocycles. The summed E-state index contributed by atoms with van der Waals surface area (Å²) in [5.41, 5.74) is -0.0330. The van der Waals surface area contributed by atoms with Crippen molar-refractivity contribution in [3.05, 3.63) is 17.8 Å². The van der Waals surface area contributed by atoms with Gasteiger partial charge >= 0.3 is 5.97 Å². The molecule has 0 spiro atoms. The van der Waals surface area contributed by atoms with Crippen LogP contribution in [0.3, 0.4) is 0 Å². The molecule has 0 saturated heterocycles. The molecule has 0 radical (unpaired) electrons. The van der Waals surface area contributed by atoms with Gasteiger partial charge in [0.1, 0.15) is 0 Å². The fraction of sp³-hybridized carbons (Fsp3) is 0.571. The van der Waals surface area contributed by atoms with Gasteiger partial charge in [0.15, 0.2) is 11.4 Å². The molecule has 1 rings (SSSR count). The third-order valence-electron chi connectivity index (χ3n) is 2.54. The van der Waals surface area contributed by atoms with Crippen molar-refractivity contribution in [1.29, 1.82) is 0 Å². The lowest BCUT2D eigenvalue weighted by Crippen LogP contribution is -2.07. The molecule has 0 amide bonds. The molecule has 19 heavy (non-hydrogen) atoms. The quantitative estimate of drug-likeness (QED) is 0.696. The zero-order valence-corrected chi connectivity index (χ0v) is 11.5. The Balaban J connectivity index is 2.78. The van der Waals surface area contributed by atoms with Crippen molar-refractivity contribution < 1.29 is 19.4 Å². The van der Waals surface area contributed by atoms with Crippen LogP contribution < -0.4 is 9.47 Å². The van der Waals surface area contributed by atoms with Crippen LogP contribution in [-0.4, -0.2) is 29.3 Å². The minimum absolute atomic E-state index is 0.0330. The van der Waals surface area contributed by atoms with Gasteiger partial charge in [-0.2, -0.15) is 0 Å². The van der Waals surface area contributed by atoms with Gasteiger partial charge in [-0.05, 0) is 25.0 Å². The Morgan fingerprint density at radius 2 is 1.79 bits per heavy atom. The van der Waals surface area contributed by atoms with E-state index in [0.29, 0.717) is 19.0 Å². The zero-order chi connectivity index (χ0) is 14.1. The van der Waals surface area contributed by atoms with Crippen molar-refractivity contribution in [2.75, 3.05) is 13.2 Å². The summed E-state index contributed by atoms with van der Waals surface area (Å²) in [4.78, 5) is 14.9. The predicted molar refractivity (Wildman–Crippen MR) is 72.0 cm³/mol. The van der Waals surface area contributed by atoms with Gasteiger partial charge in [0.05, 0.1) is 13.2 Å². The van der Waals surface area contributed by atoms with Gasteiger partial charge in [0.2, 0.25) is 0 Å². The average molecular weight is 267 g/mol. The number of carboxylic acid groups (broad SMARTS) is 1.